The van der Waals surface area contributed by atoms with Gasteiger partial charge < -0.3 is 5.73 Å². The zero-order valence-electron chi connectivity index (χ0n) is 10.7. The molecule has 0 spiro atoms. The van der Waals surface area contributed by atoms with Crippen molar-refractivity contribution in [2.75, 3.05) is 5.75 Å². The third kappa shape index (κ3) is 4.67. The number of hydrogen-bond donors (Lipinski definition) is 1. The minimum Gasteiger partial charge on any atom is -0.327 e. The van der Waals surface area contributed by atoms with E-state index in [2.05, 4.69) is 0 Å². The monoisotopic (exact) mass is 329 g/mol. The molecule has 20 heavy (non-hydrogen) atoms. The molecule has 2 N–H and O–H groups in total. The summed E-state index contributed by atoms with van der Waals surface area (Å²) < 4.78 is 13.7. The highest BCUT2D eigenvalue weighted by Crippen LogP contribution is 2.23. The molecule has 0 amide bonds. The Labute approximate surface area is 132 Å². The normalized spacial score (nSPS) is 12.4. The first-order valence-electron chi connectivity index (χ1n) is 6.12. The van der Waals surface area contributed by atoms with Crippen LogP contribution in [-0.4, -0.2) is 11.8 Å². The van der Waals surface area contributed by atoms with Crippen molar-refractivity contribution < 1.29 is 4.39 Å². The number of benzene rings is 2. The molecule has 0 aliphatic carbocycles. The lowest BCUT2D eigenvalue weighted by molar-refractivity contribution is 0.597. The van der Waals surface area contributed by atoms with E-state index in [0.29, 0.717) is 27.8 Å². The van der Waals surface area contributed by atoms with Crippen LogP contribution in [0.4, 0.5) is 4.39 Å². The number of rotatable bonds is 5. The van der Waals surface area contributed by atoms with Crippen LogP contribution in [0.3, 0.4) is 0 Å². The average molecular weight is 330 g/mol. The summed E-state index contributed by atoms with van der Waals surface area (Å²) in [6.45, 7) is 0. The SMILES string of the molecule is NC(CSc1cccc(Cl)c1)Cc1ccc(Cl)cc1F. The second-order valence-electron chi connectivity index (χ2n) is 4.47. The van der Waals surface area contributed by atoms with Crippen LogP contribution in [0.2, 0.25) is 10.0 Å². The minimum atomic E-state index is -0.305. The molecule has 1 nitrogen and oxygen atoms in total. The van der Waals surface area contributed by atoms with E-state index < -0.39 is 0 Å². The summed E-state index contributed by atoms with van der Waals surface area (Å²) in [5.41, 5.74) is 6.64. The lowest BCUT2D eigenvalue weighted by Gasteiger charge is -2.12. The third-order valence-electron chi connectivity index (χ3n) is 2.76. The Hall–Kier alpha value is -0.740. The average Bonchev–Trinajstić information content (AvgIpc) is 2.40. The van der Waals surface area contributed by atoms with Crippen molar-refractivity contribution in [3.8, 4) is 0 Å². The minimum absolute atomic E-state index is 0.130. The molecule has 2 aromatic carbocycles. The van der Waals surface area contributed by atoms with E-state index in [1.807, 2.05) is 24.3 Å². The van der Waals surface area contributed by atoms with Crippen LogP contribution in [0.25, 0.3) is 0 Å². The standard InChI is InChI=1S/C15H14Cl2FNS/c16-11-2-1-3-14(7-11)20-9-13(19)6-10-4-5-12(17)8-15(10)18/h1-5,7-8,13H,6,9,19H2. The van der Waals surface area contributed by atoms with Crippen molar-refractivity contribution in [2.24, 2.45) is 5.73 Å². The maximum Gasteiger partial charge on any atom is 0.127 e. The van der Waals surface area contributed by atoms with Gasteiger partial charge in [-0.05, 0) is 42.3 Å². The van der Waals surface area contributed by atoms with Gasteiger partial charge >= 0.3 is 0 Å². The molecule has 5 heteroatoms. The van der Waals surface area contributed by atoms with E-state index in [1.165, 1.54) is 6.07 Å². The van der Waals surface area contributed by atoms with Crippen LogP contribution < -0.4 is 5.73 Å². The lowest BCUT2D eigenvalue weighted by Crippen LogP contribution is -2.26. The van der Waals surface area contributed by atoms with E-state index in [-0.39, 0.29) is 11.9 Å². The van der Waals surface area contributed by atoms with E-state index in [1.54, 1.807) is 23.9 Å². The van der Waals surface area contributed by atoms with E-state index in [4.69, 9.17) is 28.9 Å². The van der Waals surface area contributed by atoms with E-state index >= 15 is 0 Å². The van der Waals surface area contributed by atoms with Gasteiger partial charge in [-0.3, -0.25) is 0 Å². The fourth-order valence-electron chi connectivity index (χ4n) is 1.79. The van der Waals surface area contributed by atoms with Gasteiger partial charge in [0.1, 0.15) is 5.82 Å². The van der Waals surface area contributed by atoms with Crippen molar-refractivity contribution in [3.63, 3.8) is 0 Å². The molecule has 1 unspecified atom stereocenters. The van der Waals surface area contributed by atoms with Gasteiger partial charge in [-0.15, -0.1) is 11.8 Å². The van der Waals surface area contributed by atoms with Gasteiger partial charge in [-0.1, -0.05) is 35.3 Å². The zero-order chi connectivity index (χ0) is 14.5. The molecule has 0 aliphatic rings. The number of halogens is 3. The van der Waals surface area contributed by atoms with Crippen LogP contribution in [-0.2, 0) is 6.42 Å². The van der Waals surface area contributed by atoms with Crippen molar-refractivity contribution in [2.45, 2.75) is 17.4 Å². The Bertz CT molecular complexity index is 592. The fraction of sp³-hybridized carbons (Fsp3) is 0.200. The Morgan fingerprint density at radius 2 is 1.85 bits per heavy atom. The van der Waals surface area contributed by atoms with Gasteiger partial charge in [-0.25, -0.2) is 4.39 Å². The summed E-state index contributed by atoms with van der Waals surface area (Å²) in [4.78, 5) is 1.06. The summed E-state index contributed by atoms with van der Waals surface area (Å²) in [5.74, 6) is 0.392. The molecular weight excluding hydrogens is 316 g/mol. The molecule has 2 aromatic rings. The maximum absolute atomic E-state index is 13.7. The first kappa shape index (κ1) is 15.6. The van der Waals surface area contributed by atoms with Crippen LogP contribution >= 0.6 is 35.0 Å². The zero-order valence-corrected chi connectivity index (χ0v) is 13.0. The molecule has 106 valence electrons. The molecular formula is C15H14Cl2FNS. The van der Waals surface area contributed by atoms with Crippen molar-refractivity contribution >= 4 is 35.0 Å². The smallest absolute Gasteiger partial charge is 0.127 e. The van der Waals surface area contributed by atoms with Gasteiger partial charge in [0.15, 0.2) is 0 Å². The largest absolute Gasteiger partial charge is 0.327 e. The van der Waals surface area contributed by atoms with Gasteiger partial charge in [0.2, 0.25) is 0 Å². The van der Waals surface area contributed by atoms with Crippen LogP contribution in [0.1, 0.15) is 5.56 Å². The quantitative estimate of drug-likeness (QED) is 0.798. The molecule has 2 rings (SSSR count). The number of hydrogen-bond acceptors (Lipinski definition) is 2. The highest BCUT2D eigenvalue weighted by molar-refractivity contribution is 7.99. The van der Waals surface area contributed by atoms with Gasteiger partial charge in [0.05, 0.1) is 0 Å². The van der Waals surface area contributed by atoms with Crippen molar-refractivity contribution in [1.29, 1.82) is 0 Å². The molecule has 0 radical (unpaired) electrons. The summed E-state index contributed by atoms with van der Waals surface area (Å²) in [6.07, 6.45) is 0.483. The highest BCUT2D eigenvalue weighted by Gasteiger charge is 2.09. The molecule has 0 saturated heterocycles. The molecule has 0 fully saturated rings. The second kappa shape index (κ2) is 7.32. The summed E-state index contributed by atoms with van der Waals surface area (Å²) >= 11 is 13.3. The number of nitrogens with two attached hydrogens (primary N) is 1. The molecule has 0 heterocycles. The fourth-order valence-corrected chi connectivity index (χ4v) is 3.11. The van der Waals surface area contributed by atoms with E-state index in [9.17, 15) is 4.39 Å². The van der Waals surface area contributed by atoms with Crippen molar-refractivity contribution in [1.82, 2.24) is 0 Å². The van der Waals surface area contributed by atoms with Gasteiger partial charge in [0.25, 0.3) is 0 Å². The Kier molecular flexibility index (Phi) is 5.73. The van der Waals surface area contributed by atoms with Crippen LogP contribution in [0, 0.1) is 5.82 Å². The summed E-state index contributed by atoms with van der Waals surface area (Å²) in [6, 6.07) is 12.1. The molecule has 0 aliphatic heterocycles. The Balaban J connectivity index is 1.90. The predicted octanol–water partition coefficient (Wildman–Crippen LogP) is 4.79. The van der Waals surface area contributed by atoms with Gasteiger partial charge in [-0.2, -0.15) is 0 Å². The Morgan fingerprint density at radius 1 is 1.10 bits per heavy atom. The Morgan fingerprint density at radius 3 is 2.55 bits per heavy atom. The predicted molar refractivity (Wildman–Crippen MR) is 85.3 cm³/mol. The molecule has 1 atom stereocenters. The van der Waals surface area contributed by atoms with Crippen LogP contribution in [0.5, 0.6) is 0 Å². The second-order valence-corrected chi connectivity index (χ2v) is 6.43. The number of thioether (sulfide) groups is 1. The highest BCUT2D eigenvalue weighted by atomic mass is 35.5. The molecule has 0 bridgehead atoms. The maximum atomic E-state index is 13.7. The van der Waals surface area contributed by atoms with Crippen molar-refractivity contribution in [3.05, 3.63) is 63.9 Å². The van der Waals surface area contributed by atoms with E-state index in [0.717, 1.165) is 4.90 Å². The molecule has 0 saturated carbocycles. The topological polar surface area (TPSA) is 26.0 Å². The first-order valence-corrected chi connectivity index (χ1v) is 7.86. The first-order chi connectivity index (χ1) is 9.54. The summed E-state index contributed by atoms with van der Waals surface area (Å²) in [5, 5.41) is 1.10. The lowest BCUT2D eigenvalue weighted by atomic mass is 10.1. The molecule has 0 aromatic heterocycles. The van der Waals surface area contributed by atoms with Gasteiger partial charge in [0, 0.05) is 26.7 Å². The van der Waals surface area contributed by atoms with Crippen LogP contribution in [0.15, 0.2) is 47.4 Å². The summed E-state index contributed by atoms with van der Waals surface area (Å²) in [7, 11) is 0. The third-order valence-corrected chi connectivity index (χ3v) is 4.41.